The zero-order valence-corrected chi connectivity index (χ0v) is 29.2. The van der Waals surface area contributed by atoms with Gasteiger partial charge in [0.2, 0.25) is 17.7 Å². The number of carbonyl (C=O) groups is 4. The molecule has 268 valence electrons. The molecule has 2 aromatic carbocycles. The number of likely N-dealkylation sites (tertiary alicyclic amines) is 1. The zero-order valence-electron chi connectivity index (χ0n) is 29.2. The van der Waals surface area contributed by atoms with E-state index in [9.17, 15) is 24.3 Å². The maximum atomic E-state index is 14.8. The van der Waals surface area contributed by atoms with Gasteiger partial charge >= 0.3 is 5.97 Å². The molecule has 3 fully saturated rings. The van der Waals surface area contributed by atoms with Crippen LogP contribution in [0.3, 0.4) is 0 Å². The molecule has 3 amide bonds. The van der Waals surface area contributed by atoms with Crippen LogP contribution in [0.1, 0.15) is 82.1 Å². The van der Waals surface area contributed by atoms with Crippen molar-refractivity contribution in [2.45, 2.75) is 94.7 Å². The first-order valence-corrected chi connectivity index (χ1v) is 17.9. The van der Waals surface area contributed by atoms with Gasteiger partial charge in [-0.15, -0.1) is 13.2 Å². The standard InChI is InChI=1S/C40H51N3O7/c1-5-8-16-25-42(24-7-3)38(47)36-40-23-22-31(50-40)33(34(40)37(46)43(36)30(26-44)28-17-12-10-13-18-28)39(48)49-35(29-19-14-11-15-20-29)27(4)41-32(45)21-9-6-2/h6-7,10-15,17-20,27,30-31,33-36,44H,2-3,5,8-9,16,21-26H2,1,4H3,(H,41,45)/t27-,30+,31+,33-,34-,35-,36+,40-/m0/s1. The number of allylic oxidation sites excluding steroid dienone is 1. The van der Waals surface area contributed by atoms with Crippen LogP contribution >= 0.6 is 0 Å². The lowest BCUT2D eigenvalue weighted by molar-refractivity contribution is -0.162. The number of hydrogen-bond donors (Lipinski definition) is 2. The van der Waals surface area contributed by atoms with Crippen LogP contribution in [0.15, 0.2) is 86.0 Å². The van der Waals surface area contributed by atoms with Crippen molar-refractivity contribution in [3.63, 3.8) is 0 Å². The fraction of sp³-hybridized carbons (Fsp3) is 0.500. The molecule has 10 nitrogen and oxygen atoms in total. The Balaban J connectivity index is 1.51. The number of hydrogen-bond acceptors (Lipinski definition) is 7. The lowest BCUT2D eigenvalue weighted by atomic mass is 9.70. The van der Waals surface area contributed by atoms with Crippen molar-refractivity contribution in [2.75, 3.05) is 19.7 Å². The first-order valence-electron chi connectivity index (χ1n) is 17.9. The molecule has 50 heavy (non-hydrogen) atoms. The number of unbranched alkanes of at least 4 members (excludes halogenated alkanes) is 2. The molecule has 3 aliphatic rings. The minimum atomic E-state index is -1.28. The van der Waals surface area contributed by atoms with Crippen molar-refractivity contribution in [1.29, 1.82) is 0 Å². The molecule has 1 spiro atoms. The number of esters is 1. The Kier molecular flexibility index (Phi) is 12.3. The largest absolute Gasteiger partial charge is 0.455 e. The second-order valence-corrected chi connectivity index (χ2v) is 13.6. The van der Waals surface area contributed by atoms with E-state index < -0.39 is 66.3 Å². The van der Waals surface area contributed by atoms with E-state index in [1.54, 1.807) is 24.0 Å². The Morgan fingerprint density at radius 2 is 1.76 bits per heavy atom. The van der Waals surface area contributed by atoms with E-state index in [2.05, 4.69) is 25.4 Å². The third kappa shape index (κ3) is 7.28. The van der Waals surface area contributed by atoms with Crippen molar-refractivity contribution < 1.29 is 33.8 Å². The molecule has 2 aromatic rings. The molecular weight excluding hydrogens is 634 g/mol. The molecule has 0 aliphatic carbocycles. The van der Waals surface area contributed by atoms with E-state index in [4.69, 9.17) is 9.47 Å². The highest BCUT2D eigenvalue weighted by molar-refractivity contribution is 5.98. The smallest absolute Gasteiger partial charge is 0.313 e. The third-order valence-electron chi connectivity index (χ3n) is 10.4. The topological polar surface area (TPSA) is 125 Å². The third-order valence-corrected chi connectivity index (χ3v) is 10.4. The van der Waals surface area contributed by atoms with Crippen LogP contribution in [0.25, 0.3) is 0 Å². The summed E-state index contributed by atoms with van der Waals surface area (Å²) in [4.78, 5) is 59.8. The van der Waals surface area contributed by atoms with Gasteiger partial charge < -0.3 is 29.7 Å². The average Bonchev–Trinajstić information content (AvgIpc) is 3.77. The summed E-state index contributed by atoms with van der Waals surface area (Å²) in [6, 6.07) is 15.9. The number of aliphatic hydroxyl groups excluding tert-OH is 1. The minimum absolute atomic E-state index is 0.196. The number of amides is 3. The van der Waals surface area contributed by atoms with Crippen LogP contribution in [0.4, 0.5) is 0 Å². The Morgan fingerprint density at radius 1 is 1.08 bits per heavy atom. The summed E-state index contributed by atoms with van der Waals surface area (Å²) in [6.45, 7) is 11.8. The summed E-state index contributed by atoms with van der Waals surface area (Å²) in [5.74, 6) is -3.47. The second-order valence-electron chi connectivity index (χ2n) is 13.6. The van der Waals surface area contributed by atoms with E-state index in [0.29, 0.717) is 43.5 Å². The van der Waals surface area contributed by atoms with Crippen LogP contribution in [0.2, 0.25) is 0 Å². The molecule has 5 rings (SSSR count). The van der Waals surface area contributed by atoms with Gasteiger partial charge in [0.15, 0.2) is 0 Å². The van der Waals surface area contributed by atoms with Crippen LogP contribution < -0.4 is 5.32 Å². The number of aliphatic hydroxyl groups is 1. The van der Waals surface area contributed by atoms with Crippen LogP contribution in [0, 0.1) is 11.8 Å². The quantitative estimate of drug-likeness (QED) is 0.128. The highest BCUT2D eigenvalue weighted by Gasteiger charge is 2.75. The average molecular weight is 686 g/mol. The Morgan fingerprint density at radius 3 is 2.38 bits per heavy atom. The molecule has 0 unspecified atom stereocenters. The van der Waals surface area contributed by atoms with Crippen molar-refractivity contribution in [3.8, 4) is 0 Å². The summed E-state index contributed by atoms with van der Waals surface area (Å²) in [6.07, 6.45) is 6.23. The zero-order chi connectivity index (χ0) is 35.8. The molecule has 10 heteroatoms. The number of nitrogens with zero attached hydrogens (tertiary/aromatic N) is 2. The molecule has 2 N–H and O–H groups in total. The Hall–Kier alpha value is -4.28. The lowest BCUT2D eigenvalue weighted by Gasteiger charge is -2.39. The highest BCUT2D eigenvalue weighted by atomic mass is 16.6. The van der Waals surface area contributed by atoms with Crippen molar-refractivity contribution in [1.82, 2.24) is 15.1 Å². The predicted molar refractivity (Wildman–Crippen MR) is 189 cm³/mol. The van der Waals surface area contributed by atoms with E-state index in [-0.39, 0.29) is 18.2 Å². The minimum Gasteiger partial charge on any atom is -0.455 e. The highest BCUT2D eigenvalue weighted by Crippen LogP contribution is 2.60. The fourth-order valence-corrected chi connectivity index (χ4v) is 8.12. The summed E-state index contributed by atoms with van der Waals surface area (Å²) >= 11 is 0. The van der Waals surface area contributed by atoms with Crippen molar-refractivity contribution >= 4 is 23.7 Å². The van der Waals surface area contributed by atoms with Gasteiger partial charge in [0.05, 0.1) is 36.6 Å². The summed E-state index contributed by atoms with van der Waals surface area (Å²) in [5.41, 5.74) is 0.0968. The SMILES string of the molecule is C=CCCC(=O)N[C@@H](C)[C@H](OC(=O)[C@@H]1[C@H]2C(=O)N([C@H](CO)c3ccccc3)[C@H](C(=O)N(CC=C)CCCCC)[C@]23CC[C@H]1O3)c1ccccc1. The number of carbonyl (C=O) groups excluding carboxylic acids is 4. The van der Waals surface area contributed by atoms with Gasteiger partial charge in [0.1, 0.15) is 17.7 Å². The van der Waals surface area contributed by atoms with Crippen LogP contribution in [0.5, 0.6) is 0 Å². The van der Waals surface area contributed by atoms with Gasteiger partial charge in [-0.05, 0) is 43.7 Å². The van der Waals surface area contributed by atoms with Crippen molar-refractivity contribution in [2.24, 2.45) is 11.8 Å². The molecule has 0 radical (unpaired) electrons. The van der Waals surface area contributed by atoms with Crippen LogP contribution in [-0.4, -0.2) is 82.1 Å². The van der Waals surface area contributed by atoms with Crippen LogP contribution in [-0.2, 0) is 28.7 Å². The second kappa shape index (κ2) is 16.6. The van der Waals surface area contributed by atoms with Gasteiger partial charge in [0.25, 0.3) is 0 Å². The summed E-state index contributed by atoms with van der Waals surface area (Å²) in [7, 11) is 0. The number of rotatable bonds is 18. The van der Waals surface area contributed by atoms with E-state index >= 15 is 0 Å². The summed E-state index contributed by atoms with van der Waals surface area (Å²) < 4.78 is 13.0. The molecule has 3 saturated heterocycles. The van der Waals surface area contributed by atoms with E-state index in [1.807, 2.05) is 60.7 Å². The maximum Gasteiger partial charge on any atom is 0.313 e. The van der Waals surface area contributed by atoms with E-state index in [0.717, 1.165) is 19.3 Å². The van der Waals surface area contributed by atoms with Gasteiger partial charge in [-0.25, -0.2) is 0 Å². The number of ether oxygens (including phenoxy) is 2. The molecular formula is C40H51N3O7. The number of benzene rings is 2. The van der Waals surface area contributed by atoms with Crippen molar-refractivity contribution in [3.05, 3.63) is 97.1 Å². The van der Waals surface area contributed by atoms with Gasteiger partial charge in [-0.2, -0.15) is 0 Å². The normalized spacial score (nSPS) is 25.3. The van der Waals surface area contributed by atoms with Gasteiger partial charge in [-0.1, -0.05) is 92.6 Å². The Bertz CT molecular complexity index is 1520. The molecule has 2 bridgehead atoms. The van der Waals surface area contributed by atoms with E-state index in [1.165, 1.54) is 4.90 Å². The molecule has 0 aromatic heterocycles. The monoisotopic (exact) mass is 685 g/mol. The first kappa shape index (κ1) is 37.0. The predicted octanol–water partition coefficient (Wildman–Crippen LogP) is 5.05. The number of fused-ring (bicyclic) bond motifs is 1. The Labute approximate surface area is 295 Å². The first-order chi connectivity index (χ1) is 24.2. The lowest BCUT2D eigenvalue weighted by Crippen LogP contribution is -2.57. The van der Waals surface area contributed by atoms with Gasteiger partial charge in [0, 0.05) is 19.5 Å². The number of nitrogens with one attached hydrogen (secondary N) is 1. The molecule has 3 aliphatic heterocycles. The maximum absolute atomic E-state index is 14.8. The molecule has 8 atom stereocenters. The molecule has 3 heterocycles. The molecule has 0 saturated carbocycles. The fourth-order valence-electron chi connectivity index (χ4n) is 8.12. The van der Waals surface area contributed by atoms with Gasteiger partial charge in [-0.3, -0.25) is 19.2 Å². The summed E-state index contributed by atoms with van der Waals surface area (Å²) in [5, 5.41) is 13.8.